The van der Waals surface area contributed by atoms with Crippen LogP contribution in [0.2, 0.25) is 0 Å². The van der Waals surface area contributed by atoms with Gasteiger partial charge >= 0.3 is 6.03 Å². The van der Waals surface area contributed by atoms with Gasteiger partial charge in [0.05, 0.1) is 24.9 Å². The van der Waals surface area contributed by atoms with Crippen molar-refractivity contribution < 1.29 is 19.4 Å². The second-order valence-corrected chi connectivity index (χ2v) is 7.22. The minimum atomic E-state index is -0.426. The van der Waals surface area contributed by atoms with E-state index >= 15 is 0 Å². The van der Waals surface area contributed by atoms with Gasteiger partial charge in [0.2, 0.25) is 0 Å². The molecule has 6 nitrogen and oxygen atoms in total. The van der Waals surface area contributed by atoms with Crippen molar-refractivity contribution in [2.75, 3.05) is 13.2 Å². The fraction of sp³-hybridized carbons (Fsp3) is 0.650. The van der Waals surface area contributed by atoms with E-state index < -0.39 is 6.10 Å². The zero-order chi connectivity index (χ0) is 18.2. The predicted molar refractivity (Wildman–Crippen MR) is 98.7 cm³/mol. The average Bonchev–Trinajstić information content (AvgIpc) is 2.68. The number of hydrogen-bond donors (Lipinski definition) is 3. The smallest absolute Gasteiger partial charge is 0.315 e. The highest BCUT2D eigenvalue weighted by molar-refractivity contribution is 5.74. The molecule has 0 aromatic heterocycles. The number of aliphatic hydroxyl groups is 1. The molecule has 3 rings (SSSR count). The molecule has 26 heavy (non-hydrogen) atoms. The summed E-state index contributed by atoms with van der Waals surface area (Å²) in [6.45, 7) is 2.65. The number of urea groups is 1. The molecule has 1 aromatic carbocycles. The lowest BCUT2D eigenvalue weighted by Gasteiger charge is -2.28. The molecule has 0 bridgehead atoms. The number of carbonyl (C=O) groups excluding carboxylic acids is 1. The van der Waals surface area contributed by atoms with Gasteiger partial charge in [-0.15, -0.1) is 0 Å². The summed E-state index contributed by atoms with van der Waals surface area (Å²) in [5.74, 6) is 0. The summed E-state index contributed by atoms with van der Waals surface area (Å²) in [7, 11) is 0. The molecule has 144 valence electrons. The maximum atomic E-state index is 12.0. The van der Waals surface area contributed by atoms with E-state index in [1.165, 1.54) is 0 Å². The average molecular weight is 362 g/mol. The standard InChI is InChI=1S/C20H30N2O4/c23-19-4-2-1-3-18(19)22-20(24)21-13-15-5-7-16(8-6-15)14-26-17-9-11-25-12-10-17/h5-8,17-19,23H,1-4,9-14H2,(H2,21,22,24)/t18-,19-/m1/s1. The van der Waals surface area contributed by atoms with Crippen molar-refractivity contribution in [1.29, 1.82) is 0 Å². The highest BCUT2D eigenvalue weighted by atomic mass is 16.5. The third-order valence-electron chi connectivity index (χ3n) is 5.18. The van der Waals surface area contributed by atoms with Gasteiger partial charge in [-0.1, -0.05) is 37.1 Å². The Kier molecular flexibility index (Phi) is 7.29. The number of ether oxygens (including phenoxy) is 2. The Morgan fingerprint density at radius 2 is 1.77 bits per heavy atom. The molecule has 1 saturated heterocycles. The Balaban J connectivity index is 1.37. The number of amides is 2. The summed E-state index contributed by atoms with van der Waals surface area (Å²) in [5.41, 5.74) is 2.18. The number of aliphatic hydroxyl groups excluding tert-OH is 1. The Hall–Kier alpha value is -1.63. The molecule has 3 N–H and O–H groups in total. The van der Waals surface area contributed by atoms with Crippen molar-refractivity contribution in [2.45, 2.75) is 69.9 Å². The molecule has 2 fully saturated rings. The first-order chi connectivity index (χ1) is 12.7. The monoisotopic (exact) mass is 362 g/mol. The lowest BCUT2D eigenvalue weighted by Crippen LogP contribution is -2.48. The molecule has 2 aliphatic rings. The molecule has 1 heterocycles. The summed E-state index contributed by atoms with van der Waals surface area (Å²) in [6, 6.07) is 7.76. The molecule has 1 aliphatic carbocycles. The molecule has 2 amide bonds. The summed E-state index contributed by atoms with van der Waals surface area (Å²) >= 11 is 0. The molecule has 0 radical (unpaired) electrons. The zero-order valence-electron chi connectivity index (χ0n) is 15.3. The molecular formula is C20H30N2O4. The fourth-order valence-corrected chi connectivity index (χ4v) is 3.49. The van der Waals surface area contributed by atoms with Gasteiger partial charge in [-0.05, 0) is 36.8 Å². The highest BCUT2D eigenvalue weighted by Gasteiger charge is 2.24. The van der Waals surface area contributed by atoms with Crippen molar-refractivity contribution in [2.24, 2.45) is 0 Å². The fourth-order valence-electron chi connectivity index (χ4n) is 3.49. The van der Waals surface area contributed by atoms with Crippen LogP contribution >= 0.6 is 0 Å². The minimum Gasteiger partial charge on any atom is -0.391 e. The van der Waals surface area contributed by atoms with Crippen LogP contribution < -0.4 is 10.6 Å². The highest BCUT2D eigenvalue weighted by Crippen LogP contribution is 2.18. The predicted octanol–water partition coefficient (Wildman–Crippen LogP) is 2.48. The number of hydrogen-bond acceptors (Lipinski definition) is 4. The van der Waals surface area contributed by atoms with Crippen LogP contribution in [0.5, 0.6) is 0 Å². The van der Waals surface area contributed by atoms with E-state index in [2.05, 4.69) is 10.6 Å². The van der Waals surface area contributed by atoms with E-state index in [0.717, 1.165) is 62.9 Å². The Labute approximate surface area is 155 Å². The quantitative estimate of drug-likeness (QED) is 0.726. The Bertz CT molecular complexity index is 557. The number of benzene rings is 1. The van der Waals surface area contributed by atoms with Crippen molar-refractivity contribution in [3.8, 4) is 0 Å². The minimum absolute atomic E-state index is 0.131. The van der Waals surface area contributed by atoms with Crippen LogP contribution in [0.25, 0.3) is 0 Å². The van der Waals surface area contributed by atoms with E-state index in [1.54, 1.807) is 0 Å². The van der Waals surface area contributed by atoms with Crippen LogP contribution in [0.1, 0.15) is 49.7 Å². The van der Waals surface area contributed by atoms with Crippen LogP contribution in [0.4, 0.5) is 4.79 Å². The summed E-state index contributed by atoms with van der Waals surface area (Å²) < 4.78 is 11.3. The maximum Gasteiger partial charge on any atom is 0.315 e. The van der Waals surface area contributed by atoms with E-state index in [4.69, 9.17) is 9.47 Å². The van der Waals surface area contributed by atoms with Gasteiger partial charge in [-0.25, -0.2) is 4.79 Å². The van der Waals surface area contributed by atoms with Crippen molar-refractivity contribution in [3.05, 3.63) is 35.4 Å². The summed E-state index contributed by atoms with van der Waals surface area (Å²) in [6.07, 6.45) is 5.50. The van der Waals surface area contributed by atoms with Crippen molar-refractivity contribution in [3.63, 3.8) is 0 Å². The van der Waals surface area contributed by atoms with Crippen LogP contribution in [-0.4, -0.2) is 42.6 Å². The van der Waals surface area contributed by atoms with Gasteiger partial charge < -0.3 is 25.2 Å². The van der Waals surface area contributed by atoms with E-state index in [0.29, 0.717) is 19.3 Å². The van der Waals surface area contributed by atoms with Crippen molar-refractivity contribution in [1.82, 2.24) is 10.6 Å². The molecule has 0 unspecified atom stereocenters. The number of carbonyl (C=O) groups is 1. The Morgan fingerprint density at radius 3 is 2.50 bits per heavy atom. The third-order valence-corrected chi connectivity index (χ3v) is 5.18. The van der Waals surface area contributed by atoms with Gasteiger partial charge in [-0.3, -0.25) is 0 Å². The first-order valence-corrected chi connectivity index (χ1v) is 9.70. The van der Waals surface area contributed by atoms with E-state index in [-0.39, 0.29) is 12.1 Å². The van der Waals surface area contributed by atoms with Crippen molar-refractivity contribution >= 4 is 6.03 Å². The lowest BCUT2D eigenvalue weighted by atomic mass is 9.93. The summed E-state index contributed by atoms with van der Waals surface area (Å²) in [5, 5.41) is 15.7. The SMILES string of the molecule is O=C(NCc1ccc(COC2CCOCC2)cc1)N[C@@H]1CCCC[C@H]1O. The summed E-state index contributed by atoms with van der Waals surface area (Å²) in [4.78, 5) is 12.0. The lowest BCUT2D eigenvalue weighted by molar-refractivity contribution is -0.0390. The molecule has 0 spiro atoms. The van der Waals surface area contributed by atoms with E-state index in [9.17, 15) is 9.90 Å². The zero-order valence-corrected chi connectivity index (χ0v) is 15.3. The van der Waals surface area contributed by atoms with Gasteiger partial charge in [0.15, 0.2) is 0 Å². The molecule has 1 aromatic rings. The number of nitrogens with one attached hydrogen (secondary N) is 2. The first kappa shape index (κ1) is 19.1. The van der Waals surface area contributed by atoms with Gasteiger partial charge in [-0.2, -0.15) is 0 Å². The molecule has 1 aliphatic heterocycles. The third kappa shape index (κ3) is 5.97. The first-order valence-electron chi connectivity index (χ1n) is 9.70. The largest absolute Gasteiger partial charge is 0.391 e. The maximum absolute atomic E-state index is 12.0. The van der Waals surface area contributed by atoms with Crippen LogP contribution in [0, 0.1) is 0 Å². The van der Waals surface area contributed by atoms with Gasteiger partial charge in [0.25, 0.3) is 0 Å². The normalized spacial score (nSPS) is 24.2. The second-order valence-electron chi connectivity index (χ2n) is 7.22. The topological polar surface area (TPSA) is 79.8 Å². The molecule has 1 saturated carbocycles. The van der Waals surface area contributed by atoms with E-state index in [1.807, 2.05) is 24.3 Å². The van der Waals surface area contributed by atoms with Gasteiger partial charge in [0.1, 0.15) is 0 Å². The van der Waals surface area contributed by atoms with Gasteiger partial charge in [0, 0.05) is 19.8 Å². The van der Waals surface area contributed by atoms with Crippen LogP contribution in [0.3, 0.4) is 0 Å². The second kappa shape index (κ2) is 9.90. The Morgan fingerprint density at radius 1 is 1.08 bits per heavy atom. The molecular weight excluding hydrogens is 332 g/mol. The number of rotatable bonds is 6. The van der Waals surface area contributed by atoms with Crippen LogP contribution in [0.15, 0.2) is 24.3 Å². The molecule has 6 heteroatoms. The van der Waals surface area contributed by atoms with Crippen LogP contribution in [-0.2, 0) is 22.6 Å². The molecule has 2 atom stereocenters.